The van der Waals surface area contributed by atoms with Crippen molar-refractivity contribution in [2.24, 2.45) is 0 Å². The minimum Gasteiger partial charge on any atom is -0.444 e. The highest BCUT2D eigenvalue weighted by atomic mass is 16.6. The van der Waals surface area contributed by atoms with E-state index in [1.165, 1.54) is 0 Å². The molecule has 0 radical (unpaired) electrons. The lowest BCUT2D eigenvalue weighted by molar-refractivity contribution is 0.0497. The number of nitrogen functional groups attached to an aromatic ring is 1. The maximum absolute atomic E-state index is 11.8. The van der Waals surface area contributed by atoms with Gasteiger partial charge in [0.25, 0.3) is 0 Å². The van der Waals surface area contributed by atoms with Crippen molar-refractivity contribution in [1.29, 1.82) is 0 Å². The molecule has 0 atom stereocenters. The van der Waals surface area contributed by atoms with Gasteiger partial charge in [-0.1, -0.05) is 0 Å². The second-order valence-corrected chi connectivity index (χ2v) is 6.32. The molecule has 1 amide bonds. The van der Waals surface area contributed by atoms with E-state index >= 15 is 0 Å². The van der Waals surface area contributed by atoms with Gasteiger partial charge in [0.15, 0.2) is 5.82 Å². The zero-order valence-corrected chi connectivity index (χ0v) is 12.9. The van der Waals surface area contributed by atoms with Crippen molar-refractivity contribution in [1.82, 2.24) is 10.3 Å². The number of hydrogen-bond donors (Lipinski definition) is 2. The molecular formula is C15H24N4O2. The van der Waals surface area contributed by atoms with Crippen molar-refractivity contribution in [3.05, 3.63) is 18.3 Å². The summed E-state index contributed by atoms with van der Waals surface area (Å²) in [5.74, 6) is 0.827. The lowest BCUT2D eigenvalue weighted by atomic mass is 10.1. The van der Waals surface area contributed by atoms with Crippen LogP contribution < -0.4 is 16.0 Å². The number of hydrogen-bond acceptors (Lipinski definition) is 5. The predicted molar refractivity (Wildman–Crippen MR) is 83.3 cm³/mol. The van der Waals surface area contributed by atoms with Crippen molar-refractivity contribution in [2.45, 2.75) is 45.3 Å². The average Bonchev–Trinajstić information content (AvgIpc) is 2.38. The van der Waals surface area contributed by atoms with Crippen LogP contribution in [0, 0.1) is 0 Å². The van der Waals surface area contributed by atoms with Gasteiger partial charge in [-0.05, 0) is 45.7 Å². The van der Waals surface area contributed by atoms with Crippen LogP contribution in [0.3, 0.4) is 0 Å². The normalized spacial score (nSPS) is 16.6. The number of rotatable bonds is 2. The van der Waals surface area contributed by atoms with E-state index in [-0.39, 0.29) is 12.1 Å². The molecule has 1 aliphatic rings. The molecule has 0 saturated carbocycles. The number of aromatic nitrogens is 1. The summed E-state index contributed by atoms with van der Waals surface area (Å²) in [5, 5.41) is 2.92. The first-order valence-corrected chi connectivity index (χ1v) is 7.30. The van der Waals surface area contributed by atoms with Crippen LogP contribution in [0.2, 0.25) is 0 Å². The Morgan fingerprint density at radius 1 is 1.43 bits per heavy atom. The van der Waals surface area contributed by atoms with E-state index in [9.17, 15) is 4.79 Å². The highest BCUT2D eigenvalue weighted by molar-refractivity contribution is 5.68. The number of nitrogens with one attached hydrogen (secondary N) is 1. The van der Waals surface area contributed by atoms with Crippen molar-refractivity contribution >= 4 is 17.6 Å². The SMILES string of the molecule is CC(C)(C)OC(=O)NC1CCN(c2ncccc2N)CC1. The summed E-state index contributed by atoms with van der Waals surface area (Å²) in [6.45, 7) is 7.22. The second-order valence-electron chi connectivity index (χ2n) is 6.32. The molecule has 1 aliphatic heterocycles. The molecule has 1 aromatic heterocycles. The Hall–Kier alpha value is -1.98. The van der Waals surface area contributed by atoms with Gasteiger partial charge >= 0.3 is 6.09 Å². The molecule has 0 aliphatic carbocycles. The summed E-state index contributed by atoms with van der Waals surface area (Å²) < 4.78 is 5.28. The third-order valence-electron chi connectivity index (χ3n) is 3.33. The van der Waals surface area contributed by atoms with E-state index in [0.29, 0.717) is 5.69 Å². The van der Waals surface area contributed by atoms with Crippen LogP contribution in [0.4, 0.5) is 16.3 Å². The Kier molecular flexibility index (Phi) is 4.55. The maximum Gasteiger partial charge on any atom is 0.407 e. The number of pyridine rings is 1. The van der Waals surface area contributed by atoms with Gasteiger partial charge in [0.05, 0.1) is 5.69 Å². The molecule has 2 heterocycles. The van der Waals surface area contributed by atoms with E-state index < -0.39 is 5.60 Å². The highest BCUT2D eigenvalue weighted by Crippen LogP contribution is 2.23. The smallest absolute Gasteiger partial charge is 0.407 e. The first-order chi connectivity index (χ1) is 9.85. The summed E-state index contributed by atoms with van der Waals surface area (Å²) >= 11 is 0. The van der Waals surface area contributed by atoms with Crippen molar-refractivity contribution in [3.8, 4) is 0 Å². The minimum atomic E-state index is -0.465. The molecular weight excluding hydrogens is 268 g/mol. The van der Waals surface area contributed by atoms with E-state index in [1.807, 2.05) is 32.9 Å². The molecule has 1 aromatic rings. The molecule has 1 saturated heterocycles. The lowest BCUT2D eigenvalue weighted by Crippen LogP contribution is -2.46. The maximum atomic E-state index is 11.8. The van der Waals surface area contributed by atoms with Gasteiger partial charge in [-0.25, -0.2) is 9.78 Å². The van der Waals surface area contributed by atoms with Crippen LogP contribution in [-0.4, -0.2) is 35.8 Å². The van der Waals surface area contributed by atoms with Gasteiger partial charge in [-0.2, -0.15) is 0 Å². The fourth-order valence-electron chi connectivity index (χ4n) is 2.38. The second kappa shape index (κ2) is 6.20. The Bertz CT molecular complexity index is 491. The molecule has 6 heteroatoms. The third-order valence-corrected chi connectivity index (χ3v) is 3.33. The third kappa shape index (κ3) is 4.51. The van der Waals surface area contributed by atoms with Gasteiger partial charge < -0.3 is 20.7 Å². The number of alkyl carbamates (subject to hydrolysis) is 1. The number of carbonyl (C=O) groups excluding carboxylic acids is 1. The quantitative estimate of drug-likeness (QED) is 0.873. The molecule has 116 valence electrons. The Labute approximate surface area is 125 Å². The monoisotopic (exact) mass is 292 g/mol. The molecule has 0 bridgehead atoms. The number of amides is 1. The van der Waals surface area contributed by atoms with E-state index in [0.717, 1.165) is 31.7 Å². The minimum absolute atomic E-state index is 0.140. The van der Waals surface area contributed by atoms with Crippen molar-refractivity contribution < 1.29 is 9.53 Å². The van der Waals surface area contributed by atoms with Crippen LogP contribution in [-0.2, 0) is 4.74 Å². The van der Waals surface area contributed by atoms with Crippen molar-refractivity contribution in [3.63, 3.8) is 0 Å². The van der Waals surface area contributed by atoms with Crippen LogP contribution in [0.1, 0.15) is 33.6 Å². The molecule has 3 N–H and O–H groups in total. The zero-order chi connectivity index (χ0) is 15.5. The van der Waals surface area contributed by atoms with E-state index in [1.54, 1.807) is 6.20 Å². The van der Waals surface area contributed by atoms with E-state index in [4.69, 9.17) is 10.5 Å². The van der Waals surface area contributed by atoms with Gasteiger partial charge in [-0.15, -0.1) is 0 Å². The van der Waals surface area contributed by atoms with Gasteiger partial charge in [0.2, 0.25) is 0 Å². The van der Waals surface area contributed by atoms with Gasteiger partial charge in [-0.3, -0.25) is 0 Å². The average molecular weight is 292 g/mol. The molecule has 2 rings (SSSR count). The highest BCUT2D eigenvalue weighted by Gasteiger charge is 2.24. The first kappa shape index (κ1) is 15.4. The molecule has 21 heavy (non-hydrogen) atoms. The Morgan fingerprint density at radius 2 is 2.10 bits per heavy atom. The number of anilines is 2. The molecule has 0 aromatic carbocycles. The molecule has 0 spiro atoms. The summed E-state index contributed by atoms with van der Waals surface area (Å²) in [4.78, 5) is 18.2. The standard InChI is InChI=1S/C15H24N4O2/c1-15(2,3)21-14(20)18-11-6-9-19(10-7-11)13-12(16)5-4-8-17-13/h4-5,8,11H,6-7,9-10,16H2,1-3H3,(H,18,20). The fraction of sp³-hybridized carbons (Fsp3) is 0.600. The van der Waals surface area contributed by atoms with E-state index in [2.05, 4.69) is 15.2 Å². The number of piperidine rings is 1. The Balaban J connectivity index is 1.84. The zero-order valence-electron chi connectivity index (χ0n) is 12.9. The summed E-state index contributed by atoms with van der Waals surface area (Å²) in [6.07, 6.45) is 3.11. The summed E-state index contributed by atoms with van der Waals surface area (Å²) in [7, 11) is 0. The lowest BCUT2D eigenvalue weighted by Gasteiger charge is -2.34. The van der Waals surface area contributed by atoms with Gasteiger partial charge in [0.1, 0.15) is 5.60 Å². The topological polar surface area (TPSA) is 80.5 Å². The van der Waals surface area contributed by atoms with Gasteiger partial charge in [0, 0.05) is 25.3 Å². The van der Waals surface area contributed by atoms with Crippen LogP contribution in [0.5, 0.6) is 0 Å². The molecule has 1 fully saturated rings. The fourth-order valence-corrected chi connectivity index (χ4v) is 2.38. The first-order valence-electron chi connectivity index (χ1n) is 7.30. The number of ether oxygens (including phenoxy) is 1. The molecule has 6 nitrogen and oxygen atoms in total. The molecule has 0 unspecified atom stereocenters. The Morgan fingerprint density at radius 3 is 2.67 bits per heavy atom. The van der Waals surface area contributed by atoms with Crippen LogP contribution in [0.15, 0.2) is 18.3 Å². The van der Waals surface area contributed by atoms with Crippen LogP contribution in [0.25, 0.3) is 0 Å². The van der Waals surface area contributed by atoms with Crippen LogP contribution >= 0.6 is 0 Å². The number of nitrogens with zero attached hydrogens (tertiary/aromatic N) is 2. The largest absolute Gasteiger partial charge is 0.444 e. The number of carbonyl (C=O) groups is 1. The number of nitrogens with two attached hydrogens (primary N) is 1. The van der Waals surface area contributed by atoms with Crippen molar-refractivity contribution in [2.75, 3.05) is 23.7 Å². The summed E-state index contributed by atoms with van der Waals surface area (Å²) in [5.41, 5.74) is 6.17. The summed E-state index contributed by atoms with van der Waals surface area (Å²) in [6, 6.07) is 3.82. The predicted octanol–water partition coefficient (Wildman–Crippen LogP) is 2.16.